The Morgan fingerprint density at radius 3 is 2.18 bits per heavy atom. The van der Waals surface area contributed by atoms with Gasteiger partial charge in [0.1, 0.15) is 18.1 Å². The number of urea groups is 1. The van der Waals surface area contributed by atoms with Crippen molar-refractivity contribution in [3.8, 4) is 5.75 Å². The maximum Gasteiger partial charge on any atom is 0.329 e. The minimum Gasteiger partial charge on any atom is -0.488 e. The fourth-order valence-electron chi connectivity index (χ4n) is 3.92. The highest BCUT2D eigenvalue weighted by atomic mass is 16.5. The first-order chi connectivity index (χ1) is 16.6. The van der Waals surface area contributed by atoms with Gasteiger partial charge >= 0.3 is 6.03 Å². The number of rotatable bonds is 9. The SMILES string of the molecule is CCN(CC)c1ccc(/C=C2/NC(=O)N(Cc3ccccc3)C2=O)c(OCc2ccccc2)c1. The summed E-state index contributed by atoms with van der Waals surface area (Å²) in [5.74, 6) is 0.306. The highest BCUT2D eigenvalue weighted by molar-refractivity contribution is 6.14. The van der Waals surface area contributed by atoms with Gasteiger partial charge < -0.3 is 15.0 Å². The van der Waals surface area contributed by atoms with Crippen LogP contribution in [0.25, 0.3) is 6.08 Å². The Kier molecular flexibility index (Phi) is 7.28. The normalized spacial score (nSPS) is 14.4. The van der Waals surface area contributed by atoms with Crippen molar-refractivity contribution in [3.63, 3.8) is 0 Å². The van der Waals surface area contributed by atoms with Gasteiger partial charge in [-0.1, -0.05) is 60.7 Å². The molecule has 6 nitrogen and oxygen atoms in total. The molecule has 0 atom stereocenters. The largest absolute Gasteiger partial charge is 0.488 e. The van der Waals surface area contributed by atoms with Gasteiger partial charge in [-0.3, -0.25) is 9.69 Å². The third kappa shape index (κ3) is 5.29. The lowest BCUT2D eigenvalue weighted by molar-refractivity contribution is -0.123. The molecule has 0 bridgehead atoms. The van der Waals surface area contributed by atoms with Crippen molar-refractivity contribution >= 4 is 23.7 Å². The number of hydrogen-bond acceptors (Lipinski definition) is 4. The van der Waals surface area contributed by atoms with Crippen molar-refractivity contribution in [2.75, 3.05) is 18.0 Å². The molecule has 34 heavy (non-hydrogen) atoms. The summed E-state index contributed by atoms with van der Waals surface area (Å²) in [6.45, 7) is 6.59. The quantitative estimate of drug-likeness (QED) is 0.356. The number of carbonyl (C=O) groups is 2. The van der Waals surface area contributed by atoms with E-state index in [1.807, 2.05) is 78.9 Å². The number of hydrogen-bond donors (Lipinski definition) is 1. The summed E-state index contributed by atoms with van der Waals surface area (Å²) in [6, 6.07) is 24.9. The minimum atomic E-state index is -0.424. The summed E-state index contributed by atoms with van der Waals surface area (Å²) >= 11 is 0. The average molecular weight is 456 g/mol. The summed E-state index contributed by atoms with van der Waals surface area (Å²) in [7, 11) is 0. The highest BCUT2D eigenvalue weighted by Crippen LogP contribution is 2.29. The molecule has 4 rings (SSSR count). The second kappa shape index (κ2) is 10.7. The third-order valence-electron chi connectivity index (χ3n) is 5.81. The fraction of sp³-hybridized carbons (Fsp3) is 0.214. The molecule has 1 heterocycles. The van der Waals surface area contributed by atoms with E-state index < -0.39 is 6.03 Å². The van der Waals surface area contributed by atoms with Crippen LogP contribution in [-0.2, 0) is 17.9 Å². The molecule has 1 aliphatic rings. The Labute approximate surface area is 200 Å². The number of amides is 3. The summed E-state index contributed by atoms with van der Waals surface area (Å²) in [5, 5.41) is 2.72. The molecule has 1 fully saturated rings. The van der Waals surface area contributed by atoms with Gasteiger partial charge in [0.25, 0.3) is 5.91 Å². The number of ether oxygens (including phenoxy) is 1. The van der Waals surface area contributed by atoms with Crippen LogP contribution in [0.2, 0.25) is 0 Å². The molecule has 0 radical (unpaired) electrons. The topological polar surface area (TPSA) is 61.9 Å². The first kappa shape index (κ1) is 23.1. The first-order valence-corrected chi connectivity index (χ1v) is 11.5. The van der Waals surface area contributed by atoms with E-state index in [0.29, 0.717) is 12.4 Å². The maximum atomic E-state index is 13.0. The van der Waals surface area contributed by atoms with Crippen LogP contribution in [-0.4, -0.2) is 29.9 Å². The molecule has 1 saturated heterocycles. The zero-order valence-corrected chi connectivity index (χ0v) is 19.5. The van der Waals surface area contributed by atoms with Crippen LogP contribution in [0.15, 0.2) is 84.6 Å². The molecule has 174 valence electrons. The van der Waals surface area contributed by atoms with Gasteiger partial charge in [-0.25, -0.2) is 4.79 Å². The van der Waals surface area contributed by atoms with E-state index in [2.05, 4.69) is 24.1 Å². The van der Waals surface area contributed by atoms with E-state index in [9.17, 15) is 9.59 Å². The molecule has 0 aliphatic carbocycles. The standard InChI is InChI=1S/C28H29N3O3/c1-3-30(4-2)24-16-15-23(26(18-24)34-20-22-13-9-6-10-14-22)17-25-27(32)31(28(33)29-25)19-21-11-7-5-8-12-21/h5-18H,3-4,19-20H2,1-2H3,(H,29,33)/b25-17+. The molecule has 3 amide bonds. The lowest BCUT2D eigenvalue weighted by Gasteiger charge is -2.22. The Balaban J connectivity index is 1.61. The number of benzene rings is 3. The molecule has 0 aromatic heterocycles. The minimum absolute atomic E-state index is 0.223. The second-order valence-electron chi connectivity index (χ2n) is 8.03. The first-order valence-electron chi connectivity index (χ1n) is 11.5. The van der Waals surface area contributed by atoms with Gasteiger partial charge in [-0.05, 0) is 43.2 Å². The Morgan fingerprint density at radius 2 is 1.53 bits per heavy atom. The maximum absolute atomic E-state index is 13.0. The number of anilines is 1. The lowest BCUT2D eigenvalue weighted by Crippen LogP contribution is -2.30. The van der Waals surface area contributed by atoms with Crippen molar-refractivity contribution < 1.29 is 14.3 Å². The van der Waals surface area contributed by atoms with Gasteiger partial charge in [0, 0.05) is 30.4 Å². The molecule has 0 unspecified atom stereocenters. The zero-order valence-electron chi connectivity index (χ0n) is 19.5. The van der Waals surface area contributed by atoms with Crippen LogP contribution in [0, 0.1) is 0 Å². The Morgan fingerprint density at radius 1 is 0.882 bits per heavy atom. The van der Waals surface area contributed by atoms with Gasteiger partial charge in [-0.15, -0.1) is 0 Å². The average Bonchev–Trinajstić information content (AvgIpc) is 3.13. The summed E-state index contributed by atoms with van der Waals surface area (Å²) in [5.41, 5.74) is 3.96. The van der Waals surface area contributed by atoms with Crippen LogP contribution in [0.3, 0.4) is 0 Å². The Bertz CT molecular complexity index is 1170. The van der Waals surface area contributed by atoms with Crippen molar-refractivity contribution in [2.45, 2.75) is 27.0 Å². The van der Waals surface area contributed by atoms with Gasteiger partial charge in [0.15, 0.2) is 0 Å². The van der Waals surface area contributed by atoms with Gasteiger partial charge in [0.2, 0.25) is 0 Å². The Hall–Kier alpha value is -4.06. The van der Waals surface area contributed by atoms with Crippen LogP contribution in [0.5, 0.6) is 5.75 Å². The molecular weight excluding hydrogens is 426 g/mol. The molecule has 0 saturated carbocycles. The summed E-state index contributed by atoms with van der Waals surface area (Å²) in [6.07, 6.45) is 1.69. The number of imide groups is 1. The van der Waals surface area contributed by atoms with E-state index in [-0.39, 0.29) is 18.1 Å². The summed E-state index contributed by atoms with van der Waals surface area (Å²) < 4.78 is 6.19. The van der Waals surface area contributed by atoms with E-state index in [0.717, 1.165) is 35.5 Å². The monoisotopic (exact) mass is 455 g/mol. The molecule has 0 spiro atoms. The van der Waals surface area contributed by atoms with E-state index >= 15 is 0 Å². The molecule has 1 N–H and O–H groups in total. The zero-order chi connectivity index (χ0) is 23.9. The van der Waals surface area contributed by atoms with Crippen molar-refractivity contribution in [1.29, 1.82) is 0 Å². The van der Waals surface area contributed by atoms with Crippen molar-refractivity contribution in [1.82, 2.24) is 10.2 Å². The van der Waals surface area contributed by atoms with E-state index in [1.165, 1.54) is 4.90 Å². The van der Waals surface area contributed by atoms with Crippen LogP contribution >= 0.6 is 0 Å². The molecule has 3 aromatic carbocycles. The number of nitrogens with zero attached hydrogens (tertiary/aromatic N) is 2. The number of nitrogens with one attached hydrogen (secondary N) is 1. The van der Waals surface area contributed by atoms with E-state index in [4.69, 9.17) is 4.74 Å². The van der Waals surface area contributed by atoms with Crippen molar-refractivity contribution in [2.24, 2.45) is 0 Å². The smallest absolute Gasteiger partial charge is 0.329 e. The van der Waals surface area contributed by atoms with Crippen LogP contribution in [0.4, 0.5) is 10.5 Å². The molecule has 1 aliphatic heterocycles. The van der Waals surface area contributed by atoms with Gasteiger partial charge in [0.05, 0.1) is 6.54 Å². The summed E-state index contributed by atoms with van der Waals surface area (Å²) in [4.78, 5) is 29.0. The molecule has 6 heteroatoms. The van der Waals surface area contributed by atoms with E-state index in [1.54, 1.807) is 6.08 Å². The van der Waals surface area contributed by atoms with Gasteiger partial charge in [-0.2, -0.15) is 0 Å². The second-order valence-corrected chi connectivity index (χ2v) is 8.03. The highest BCUT2D eigenvalue weighted by Gasteiger charge is 2.33. The molecular formula is C28H29N3O3. The predicted octanol–water partition coefficient (Wildman–Crippen LogP) is 5.20. The van der Waals surface area contributed by atoms with Crippen molar-refractivity contribution in [3.05, 3.63) is 101 Å². The fourth-order valence-corrected chi connectivity index (χ4v) is 3.92. The number of carbonyl (C=O) groups excluding carboxylic acids is 2. The third-order valence-corrected chi connectivity index (χ3v) is 5.81. The van der Waals surface area contributed by atoms with Crippen LogP contribution < -0.4 is 15.0 Å². The predicted molar refractivity (Wildman–Crippen MR) is 134 cm³/mol. The lowest BCUT2D eigenvalue weighted by atomic mass is 10.1. The van der Waals surface area contributed by atoms with Crippen LogP contribution in [0.1, 0.15) is 30.5 Å². The molecule has 3 aromatic rings.